The van der Waals surface area contributed by atoms with Crippen molar-refractivity contribution in [3.05, 3.63) is 47.4 Å². The highest BCUT2D eigenvalue weighted by molar-refractivity contribution is 6.02. The predicted octanol–water partition coefficient (Wildman–Crippen LogP) is 3.01. The third kappa shape index (κ3) is 3.38. The van der Waals surface area contributed by atoms with Crippen LogP contribution in [0.3, 0.4) is 0 Å². The second kappa shape index (κ2) is 6.62. The number of rotatable bonds is 4. The van der Waals surface area contributed by atoms with Crippen LogP contribution in [-0.2, 0) is 14.3 Å². The maximum absolute atomic E-state index is 12.1. The summed E-state index contributed by atoms with van der Waals surface area (Å²) in [5, 5.41) is 2.82. The number of aryl methyl sites for hydroxylation is 1. The van der Waals surface area contributed by atoms with Crippen LogP contribution >= 0.6 is 0 Å². The first-order valence-corrected chi connectivity index (χ1v) is 7.91. The van der Waals surface area contributed by atoms with E-state index in [4.69, 9.17) is 23.4 Å². The van der Waals surface area contributed by atoms with Crippen LogP contribution in [0.15, 0.2) is 34.8 Å². The third-order valence-electron chi connectivity index (χ3n) is 3.88. The molecule has 1 saturated heterocycles. The van der Waals surface area contributed by atoms with Gasteiger partial charge in [-0.2, -0.15) is 0 Å². The molecular formula is C18H17NO6. The van der Waals surface area contributed by atoms with Crippen LogP contribution in [-0.4, -0.2) is 25.9 Å². The number of amides is 1. The molecule has 0 saturated carbocycles. The summed E-state index contributed by atoms with van der Waals surface area (Å²) in [7, 11) is 0. The lowest BCUT2D eigenvalue weighted by molar-refractivity contribution is -0.111. The van der Waals surface area contributed by atoms with E-state index in [1.54, 1.807) is 24.3 Å². The van der Waals surface area contributed by atoms with Gasteiger partial charge in [0, 0.05) is 17.8 Å². The van der Waals surface area contributed by atoms with Gasteiger partial charge in [-0.15, -0.1) is 0 Å². The summed E-state index contributed by atoms with van der Waals surface area (Å²) in [6, 6.07) is 7.12. The number of nitrogens with one attached hydrogen (secondary N) is 1. The first-order valence-electron chi connectivity index (χ1n) is 7.91. The van der Waals surface area contributed by atoms with Gasteiger partial charge in [0.25, 0.3) is 0 Å². The largest absolute Gasteiger partial charge is 0.456 e. The molecule has 0 bridgehead atoms. The van der Waals surface area contributed by atoms with Gasteiger partial charge in [-0.1, -0.05) is 0 Å². The molecule has 0 aliphatic carbocycles. The highest BCUT2D eigenvalue weighted by Crippen LogP contribution is 2.36. The number of anilines is 1. The quantitative estimate of drug-likeness (QED) is 0.860. The average Bonchev–Trinajstić information content (AvgIpc) is 3.34. The van der Waals surface area contributed by atoms with Crippen LogP contribution in [0.4, 0.5) is 5.69 Å². The third-order valence-corrected chi connectivity index (χ3v) is 3.88. The Labute approximate surface area is 144 Å². The summed E-state index contributed by atoms with van der Waals surface area (Å²) < 4.78 is 27.0. The molecule has 1 fully saturated rings. The molecule has 1 amide bonds. The number of fused-ring (bicyclic) bond motifs is 1. The highest BCUT2D eigenvalue weighted by atomic mass is 16.7. The summed E-state index contributed by atoms with van der Waals surface area (Å²) in [6.07, 6.45) is 2.53. The summed E-state index contributed by atoms with van der Waals surface area (Å²) in [4.78, 5) is 12.1. The summed E-state index contributed by atoms with van der Waals surface area (Å²) in [6.45, 7) is 3.19. The second-order valence-electron chi connectivity index (χ2n) is 5.66. The van der Waals surface area contributed by atoms with Crippen LogP contribution in [0, 0.1) is 6.92 Å². The van der Waals surface area contributed by atoms with E-state index in [0.717, 1.165) is 5.56 Å². The molecule has 1 aromatic carbocycles. The number of hydrogen-bond donors (Lipinski definition) is 1. The summed E-state index contributed by atoms with van der Waals surface area (Å²) in [5.41, 5.74) is 1.56. The van der Waals surface area contributed by atoms with Crippen LogP contribution in [0.1, 0.15) is 23.4 Å². The zero-order valence-electron chi connectivity index (χ0n) is 13.6. The van der Waals surface area contributed by atoms with Crippen LogP contribution in [0.2, 0.25) is 0 Å². The van der Waals surface area contributed by atoms with Crippen molar-refractivity contribution in [2.45, 2.75) is 13.2 Å². The molecule has 2 aliphatic rings. The number of carbonyl (C=O) groups excluding carboxylic acids is 1. The monoisotopic (exact) mass is 343 g/mol. The first-order chi connectivity index (χ1) is 12.2. The van der Waals surface area contributed by atoms with Crippen molar-refractivity contribution >= 4 is 17.7 Å². The van der Waals surface area contributed by atoms with Crippen molar-refractivity contribution in [2.24, 2.45) is 0 Å². The van der Waals surface area contributed by atoms with Crippen molar-refractivity contribution in [3.63, 3.8) is 0 Å². The van der Waals surface area contributed by atoms with Gasteiger partial charge in [-0.05, 0) is 36.8 Å². The smallest absolute Gasteiger partial charge is 0.248 e. The van der Waals surface area contributed by atoms with Gasteiger partial charge in [0.15, 0.2) is 17.3 Å². The van der Waals surface area contributed by atoms with E-state index in [2.05, 4.69) is 5.32 Å². The predicted molar refractivity (Wildman–Crippen MR) is 88.3 cm³/mol. The van der Waals surface area contributed by atoms with Gasteiger partial charge in [0.1, 0.15) is 5.76 Å². The maximum atomic E-state index is 12.1. The van der Waals surface area contributed by atoms with E-state index < -0.39 is 6.29 Å². The number of hydrogen-bond acceptors (Lipinski definition) is 6. The van der Waals surface area contributed by atoms with Crippen LogP contribution < -0.4 is 14.8 Å². The average molecular weight is 343 g/mol. The fourth-order valence-electron chi connectivity index (χ4n) is 2.62. The lowest BCUT2D eigenvalue weighted by Gasteiger charge is -2.07. The van der Waals surface area contributed by atoms with Crippen LogP contribution in [0.5, 0.6) is 11.5 Å². The van der Waals surface area contributed by atoms with Gasteiger partial charge < -0.3 is 28.7 Å². The lowest BCUT2D eigenvalue weighted by atomic mass is 10.1. The number of benzene rings is 1. The molecule has 130 valence electrons. The molecule has 0 unspecified atom stereocenters. The van der Waals surface area contributed by atoms with E-state index in [9.17, 15) is 4.79 Å². The van der Waals surface area contributed by atoms with Gasteiger partial charge in [-0.25, -0.2) is 0 Å². The van der Waals surface area contributed by atoms with Crippen molar-refractivity contribution in [1.29, 1.82) is 0 Å². The number of carbonyl (C=O) groups is 1. The van der Waals surface area contributed by atoms with Crippen molar-refractivity contribution in [2.75, 3.05) is 25.3 Å². The Balaban J connectivity index is 1.41. The molecule has 2 aliphatic heterocycles. The van der Waals surface area contributed by atoms with E-state index in [-0.39, 0.29) is 12.7 Å². The first kappa shape index (κ1) is 15.7. The normalized spacial score (nSPS) is 16.7. The zero-order valence-corrected chi connectivity index (χ0v) is 13.6. The Morgan fingerprint density at radius 3 is 2.72 bits per heavy atom. The molecule has 1 aromatic heterocycles. The topological polar surface area (TPSA) is 79.2 Å². The fourth-order valence-corrected chi connectivity index (χ4v) is 2.62. The Kier molecular flexibility index (Phi) is 4.17. The lowest BCUT2D eigenvalue weighted by Crippen LogP contribution is -2.08. The van der Waals surface area contributed by atoms with Gasteiger partial charge in [0.2, 0.25) is 19.0 Å². The summed E-state index contributed by atoms with van der Waals surface area (Å²) in [5.74, 6) is 2.17. The molecule has 0 atom stereocenters. The highest BCUT2D eigenvalue weighted by Gasteiger charge is 2.21. The molecule has 4 rings (SSSR count). The van der Waals surface area contributed by atoms with E-state index >= 15 is 0 Å². The van der Waals surface area contributed by atoms with Crippen LogP contribution in [0.25, 0.3) is 6.08 Å². The Bertz CT molecular complexity index is 819. The minimum absolute atomic E-state index is 0.196. The Morgan fingerprint density at radius 1 is 1.16 bits per heavy atom. The summed E-state index contributed by atoms with van der Waals surface area (Å²) >= 11 is 0. The van der Waals surface area contributed by atoms with Crippen molar-refractivity contribution in [1.82, 2.24) is 0 Å². The fraction of sp³-hybridized carbons (Fsp3) is 0.278. The van der Waals surface area contributed by atoms with Gasteiger partial charge in [0.05, 0.1) is 13.2 Å². The molecule has 3 heterocycles. The van der Waals surface area contributed by atoms with E-state index in [0.29, 0.717) is 41.9 Å². The Morgan fingerprint density at radius 2 is 1.92 bits per heavy atom. The SMILES string of the molecule is Cc1cc2c(cc1NC(=O)/C=C/c1ccc(C3OCCO3)o1)OCO2. The molecule has 0 spiro atoms. The standard InChI is InChI=1S/C18H17NO6/c1-11-8-15-16(24-10-23-15)9-13(11)19-17(20)5-3-12-2-4-14(25-12)18-21-6-7-22-18/h2-5,8-9,18H,6-7,10H2,1H3,(H,19,20)/b5-3+. The minimum atomic E-state index is -0.466. The maximum Gasteiger partial charge on any atom is 0.248 e. The van der Waals surface area contributed by atoms with Gasteiger partial charge >= 0.3 is 0 Å². The number of ether oxygens (including phenoxy) is 4. The molecule has 1 N–H and O–H groups in total. The Hall–Kier alpha value is -2.77. The van der Waals surface area contributed by atoms with Crippen molar-refractivity contribution in [3.8, 4) is 11.5 Å². The minimum Gasteiger partial charge on any atom is -0.456 e. The zero-order chi connectivity index (χ0) is 17.2. The second-order valence-corrected chi connectivity index (χ2v) is 5.66. The van der Waals surface area contributed by atoms with Crippen molar-refractivity contribution < 1.29 is 28.2 Å². The van der Waals surface area contributed by atoms with Gasteiger partial charge in [-0.3, -0.25) is 4.79 Å². The molecule has 7 nitrogen and oxygen atoms in total. The molecule has 7 heteroatoms. The molecule has 0 radical (unpaired) electrons. The van der Waals surface area contributed by atoms with E-state index in [1.807, 2.05) is 13.0 Å². The van der Waals surface area contributed by atoms with E-state index in [1.165, 1.54) is 6.08 Å². The molecule has 2 aromatic rings. The number of furan rings is 1. The molecular weight excluding hydrogens is 326 g/mol. The molecule has 25 heavy (non-hydrogen) atoms.